The fraction of sp³-hybridized carbons (Fsp3) is 0.417. The third-order valence-electron chi connectivity index (χ3n) is 5.58. The molecule has 0 aliphatic carbocycles. The molecule has 2 aromatic rings. The number of carbonyl (C=O) groups excluding carboxylic acids is 2. The Morgan fingerprint density at radius 2 is 1.61 bits per heavy atom. The summed E-state index contributed by atoms with van der Waals surface area (Å²) in [6.45, 7) is 5.01. The molecular weight excluding hydrogens is 568 g/mol. The monoisotopic (exact) mass is 595 g/mol. The van der Waals surface area contributed by atoms with Crippen LogP contribution >= 0.6 is 46.4 Å². The lowest BCUT2D eigenvalue weighted by Gasteiger charge is -2.33. The van der Waals surface area contributed by atoms with E-state index in [2.05, 4.69) is 5.32 Å². The number of anilines is 1. The van der Waals surface area contributed by atoms with Crippen molar-refractivity contribution in [3.8, 4) is 0 Å². The highest BCUT2D eigenvalue weighted by molar-refractivity contribution is 7.92. The van der Waals surface area contributed by atoms with E-state index in [1.54, 1.807) is 25.1 Å². The van der Waals surface area contributed by atoms with Crippen molar-refractivity contribution < 1.29 is 18.0 Å². The van der Waals surface area contributed by atoms with Crippen LogP contribution in [0.25, 0.3) is 0 Å². The first kappa shape index (κ1) is 30.5. The van der Waals surface area contributed by atoms with E-state index in [9.17, 15) is 18.0 Å². The number of rotatable bonds is 11. The highest BCUT2D eigenvalue weighted by Crippen LogP contribution is 2.31. The molecule has 198 valence electrons. The number of sulfonamides is 1. The predicted molar refractivity (Wildman–Crippen MR) is 148 cm³/mol. The predicted octanol–water partition coefficient (Wildman–Crippen LogP) is 5.79. The van der Waals surface area contributed by atoms with E-state index in [4.69, 9.17) is 46.4 Å². The maximum atomic E-state index is 13.7. The summed E-state index contributed by atoms with van der Waals surface area (Å²) in [6, 6.07) is 8.23. The molecule has 1 N–H and O–H groups in total. The Kier molecular flexibility index (Phi) is 11.2. The Labute approximate surface area is 232 Å². The molecule has 0 saturated heterocycles. The van der Waals surface area contributed by atoms with E-state index in [1.165, 1.54) is 23.1 Å². The van der Waals surface area contributed by atoms with Crippen LogP contribution in [0.15, 0.2) is 36.4 Å². The van der Waals surface area contributed by atoms with Gasteiger partial charge in [0, 0.05) is 17.6 Å². The van der Waals surface area contributed by atoms with Crippen molar-refractivity contribution in [3.63, 3.8) is 0 Å². The van der Waals surface area contributed by atoms with Crippen LogP contribution in [0.3, 0.4) is 0 Å². The number of hydrogen-bond acceptors (Lipinski definition) is 4. The Morgan fingerprint density at radius 3 is 2.14 bits per heavy atom. The lowest BCUT2D eigenvalue weighted by atomic mass is 10.1. The summed E-state index contributed by atoms with van der Waals surface area (Å²) in [6.07, 6.45) is 1.98. The highest BCUT2D eigenvalue weighted by Gasteiger charge is 2.32. The summed E-state index contributed by atoms with van der Waals surface area (Å²) in [5.41, 5.74) is 0.728. The first-order valence-corrected chi connectivity index (χ1v) is 14.6. The molecule has 2 amide bonds. The molecule has 2 aromatic carbocycles. The standard InChI is InChI=1S/C24H29Cl4N3O4S/c1-5-15(3)29-24(33)21(6-2)30(13-16-7-9-18(26)19(27)11-16)23(32)14-31(36(4,34)35)22-10-8-17(25)12-20(22)28/h7-12,15,21H,5-6,13-14H2,1-4H3,(H,29,33)/t15-,21+/m0/s1. The van der Waals surface area contributed by atoms with E-state index in [-0.39, 0.29) is 29.2 Å². The summed E-state index contributed by atoms with van der Waals surface area (Å²) in [7, 11) is -3.92. The SMILES string of the molecule is CC[C@H](C(=O)N[C@@H](C)CC)N(Cc1ccc(Cl)c(Cl)c1)C(=O)CN(c1ccc(Cl)cc1Cl)S(C)(=O)=O. The van der Waals surface area contributed by atoms with E-state index < -0.39 is 28.5 Å². The van der Waals surface area contributed by atoms with E-state index in [0.29, 0.717) is 33.5 Å². The summed E-state index contributed by atoms with van der Waals surface area (Å²) >= 11 is 24.4. The third-order valence-corrected chi connectivity index (χ3v) is 7.98. The van der Waals surface area contributed by atoms with Gasteiger partial charge in [-0.15, -0.1) is 0 Å². The van der Waals surface area contributed by atoms with Gasteiger partial charge < -0.3 is 10.2 Å². The average Bonchev–Trinajstić information content (AvgIpc) is 2.79. The Bertz CT molecular complexity index is 1210. The van der Waals surface area contributed by atoms with Crippen molar-refractivity contribution in [1.82, 2.24) is 10.2 Å². The van der Waals surface area contributed by atoms with Gasteiger partial charge in [-0.2, -0.15) is 0 Å². The van der Waals surface area contributed by atoms with Gasteiger partial charge in [-0.05, 0) is 55.7 Å². The molecule has 0 spiro atoms. The average molecular weight is 597 g/mol. The fourth-order valence-electron chi connectivity index (χ4n) is 3.47. The van der Waals surface area contributed by atoms with Gasteiger partial charge >= 0.3 is 0 Å². The molecule has 0 radical (unpaired) electrons. The zero-order valence-electron chi connectivity index (χ0n) is 20.4. The molecule has 2 atom stereocenters. The molecule has 0 fully saturated rings. The van der Waals surface area contributed by atoms with Crippen molar-refractivity contribution >= 4 is 73.9 Å². The first-order chi connectivity index (χ1) is 16.8. The number of hydrogen-bond donors (Lipinski definition) is 1. The molecule has 0 aromatic heterocycles. The second-order valence-electron chi connectivity index (χ2n) is 8.38. The van der Waals surface area contributed by atoms with Crippen LogP contribution < -0.4 is 9.62 Å². The number of carbonyl (C=O) groups is 2. The lowest BCUT2D eigenvalue weighted by molar-refractivity contribution is -0.140. The van der Waals surface area contributed by atoms with Crippen molar-refractivity contribution in [2.75, 3.05) is 17.1 Å². The molecule has 36 heavy (non-hydrogen) atoms. The van der Waals surface area contributed by atoms with Gasteiger partial charge in [0.2, 0.25) is 21.8 Å². The van der Waals surface area contributed by atoms with Gasteiger partial charge in [0.15, 0.2) is 0 Å². The molecule has 0 saturated carbocycles. The van der Waals surface area contributed by atoms with Gasteiger partial charge in [0.05, 0.1) is 27.0 Å². The molecule has 0 bridgehead atoms. The number of nitrogens with one attached hydrogen (secondary N) is 1. The maximum Gasteiger partial charge on any atom is 0.244 e. The lowest BCUT2D eigenvalue weighted by Crippen LogP contribution is -2.53. The van der Waals surface area contributed by atoms with Crippen LogP contribution in [0.5, 0.6) is 0 Å². The van der Waals surface area contributed by atoms with Gasteiger partial charge in [0.25, 0.3) is 0 Å². The second kappa shape index (κ2) is 13.2. The molecule has 0 aliphatic heterocycles. The van der Waals surface area contributed by atoms with Crippen molar-refractivity contribution in [3.05, 3.63) is 62.1 Å². The summed E-state index contributed by atoms with van der Waals surface area (Å²) in [5.74, 6) is -0.931. The molecular formula is C24H29Cl4N3O4S. The largest absolute Gasteiger partial charge is 0.352 e. The number of halogens is 4. The minimum absolute atomic E-state index is 0.00804. The van der Waals surface area contributed by atoms with Crippen LogP contribution in [0, 0.1) is 0 Å². The Hall–Kier alpha value is -1.71. The minimum atomic E-state index is -3.92. The van der Waals surface area contributed by atoms with E-state index >= 15 is 0 Å². The summed E-state index contributed by atoms with van der Waals surface area (Å²) < 4.78 is 26.3. The topological polar surface area (TPSA) is 86.8 Å². The maximum absolute atomic E-state index is 13.7. The van der Waals surface area contributed by atoms with Crippen molar-refractivity contribution in [1.29, 1.82) is 0 Å². The van der Waals surface area contributed by atoms with Crippen molar-refractivity contribution in [2.45, 2.75) is 52.2 Å². The van der Waals surface area contributed by atoms with Crippen LogP contribution in [0.2, 0.25) is 20.1 Å². The summed E-state index contributed by atoms with van der Waals surface area (Å²) in [5, 5.41) is 3.93. The zero-order valence-corrected chi connectivity index (χ0v) is 24.2. The zero-order chi connectivity index (χ0) is 27.2. The van der Waals surface area contributed by atoms with Crippen LogP contribution in [0.1, 0.15) is 39.2 Å². The molecule has 0 unspecified atom stereocenters. The van der Waals surface area contributed by atoms with Crippen LogP contribution in [0.4, 0.5) is 5.69 Å². The van der Waals surface area contributed by atoms with Gasteiger partial charge in [-0.25, -0.2) is 8.42 Å². The Morgan fingerprint density at radius 1 is 0.944 bits per heavy atom. The molecule has 7 nitrogen and oxygen atoms in total. The second-order valence-corrected chi connectivity index (χ2v) is 11.9. The Balaban J connectivity index is 2.50. The number of benzene rings is 2. The van der Waals surface area contributed by atoms with Crippen LogP contribution in [-0.4, -0.2) is 50.0 Å². The third kappa shape index (κ3) is 8.15. The molecule has 0 heterocycles. The van der Waals surface area contributed by atoms with Crippen molar-refractivity contribution in [2.24, 2.45) is 0 Å². The van der Waals surface area contributed by atoms with E-state index in [0.717, 1.165) is 10.6 Å². The van der Waals surface area contributed by atoms with Crippen LogP contribution in [-0.2, 0) is 26.2 Å². The molecule has 12 heteroatoms. The summed E-state index contributed by atoms with van der Waals surface area (Å²) in [4.78, 5) is 28.2. The van der Waals surface area contributed by atoms with E-state index in [1.807, 2.05) is 13.8 Å². The number of nitrogens with zero attached hydrogens (tertiary/aromatic N) is 2. The number of amides is 2. The fourth-order valence-corrected chi connectivity index (χ4v) is 5.22. The molecule has 2 rings (SSSR count). The highest BCUT2D eigenvalue weighted by atomic mass is 35.5. The molecule has 0 aliphatic rings. The first-order valence-electron chi connectivity index (χ1n) is 11.2. The van der Waals surface area contributed by atoms with Gasteiger partial charge in [0.1, 0.15) is 12.6 Å². The van der Waals surface area contributed by atoms with Gasteiger partial charge in [-0.1, -0.05) is 66.3 Å². The van der Waals surface area contributed by atoms with Gasteiger partial charge in [-0.3, -0.25) is 13.9 Å². The quantitative estimate of drug-likeness (QED) is 0.356. The minimum Gasteiger partial charge on any atom is -0.352 e. The normalized spacial score (nSPS) is 13.1. The smallest absolute Gasteiger partial charge is 0.244 e.